The summed E-state index contributed by atoms with van der Waals surface area (Å²) in [6, 6.07) is 1.80. The Morgan fingerprint density at radius 2 is 2.25 bits per heavy atom. The predicted octanol–water partition coefficient (Wildman–Crippen LogP) is 1.60. The first kappa shape index (κ1) is 8.71. The minimum absolute atomic E-state index is 0.0770. The van der Waals surface area contributed by atoms with Crippen LogP contribution in [0.3, 0.4) is 0 Å². The van der Waals surface area contributed by atoms with Crippen LogP contribution in [0.2, 0.25) is 0 Å². The van der Waals surface area contributed by atoms with Crippen LogP contribution in [0.4, 0.5) is 0 Å². The van der Waals surface area contributed by atoms with Crippen molar-refractivity contribution in [3.05, 3.63) is 23.5 Å². The average molecular weight is 165 g/mol. The van der Waals surface area contributed by atoms with Gasteiger partial charge in [0.05, 0.1) is 7.11 Å². The van der Waals surface area contributed by atoms with Crippen LogP contribution >= 0.6 is 0 Å². The molecule has 12 heavy (non-hydrogen) atoms. The van der Waals surface area contributed by atoms with Crippen LogP contribution in [0.1, 0.15) is 23.0 Å². The lowest BCUT2D eigenvalue weighted by Crippen LogP contribution is -2.01. The van der Waals surface area contributed by atoms with Crippen LogP contribution in [0.25, 0.3) is 0 Å². The maximum Gasteiger partial charge on any atom is 0.181 e. The molecule has 0 aliphatic carbocycles. The zero-order valence-corrected chi connectivity index (χ0v) is 7.42. The molecule has 0 aliphatic heterocycles. The summed E-state index contributed by atoms with van der Waals surface area (Å²) < 4.78 is 5.00. The topological polar surface area (TPSA) is 39.2 Å². The molecule has 0 atom stereocenters. The van der Waals surface area contributed by atoms with E-state index in [0.29, 0.717) is 11.4 Å². The van der Waals surface area contributed by atoms with Gasteiger partial charge in [0.15, 0.2) is 5.78 Å². The summed E-state index contributed by atoms with van der Waals surface area (Å²) in [5.74, 6) is 0.467. The van der Waals surface area contributed by atoms with E-state index in [4.69, 9.17) is 4.74 Å². The zero-order chi connectivity index (χ0) is 9.14. The van der Waals surface area contributed by atoms with Crippen LogP contribution in [0.5, 0.6) is 5.75 Å². The Hall–Kier alpha value is -1.38. The van der Waals surface area contributed by atoms with E-state index in [2.05, 4.69) is 4.98 Å². The van der Waals surface area contributed by atoms with E-state index in [0.717, 1.165) is 5.56 Å². The number of Topliss-reactive ketones (excluding diaryl/α,β-unsaturated/α-hetero) is 1. The first-order chi connectivity index (χ1) is 5.65. The Morgan fingerprint density at radius 3 is 2.75 bits per heavy atom. The number of aromatic nitrogens is 1. The Labute approximate surface area is 71.4 Å². The Bertz CT molecular complexity index is 307. The van der Waals surface area contributed by atoms with Gasteiger partial charge in [-0.05, 0) is 18.6 Å². The van der Waals surface area contributed by atoms with Gasteiger partial charge in [-0.1, -0.05) is 0 Å². The van der Waals surface area contributed by atoms with Crippen LogP contribution in [0, 0.1) is 6.92 Å². The Kier molecular flexibility index (Phi) is 2.43. The lowest BCUT2D eigenvalue weighted by molar-refractivity contribution is 0.101. The molecule has 1 aromatic rings. The van der Waals surface area contributed by atoms with Crippen molar-refractivity contribution in [2.75, 3.05) is 7.11 Å². The van der Waals surface area contributed by atoms with Crippen molar-refractivity contribution in [1.82, 2.24) is 4.98 Å². The third kappa shape index (κ3) is 1.61. The molecule has 0 fully saturated rings. The van der Waals surface area contributed by atoms with Crippen molar-refractivity contribution in [3.63, 3.8) is 0 Å². The summed E-state index contributed by atoms with van der Waals surface area (Å²) in [6.45, 7) is 3.37. The summed E-state index contributed by atoms with van der Waals surface area (Å²) in [6.07, 6.45) is 1.65. The minimum atomic E-state index is -0.0770. The van der Waals surface area contributed by atoms with Gasteiger partial charge in [-0.2, -0.15) is 0 Å². The molecule has 0 bridgehead atoms. The zero-order valence-electron chi connectivity index (χ0n) is 7.42. The summed E-state index contributed by atoms with van der Waals surface area (Å²) in [5, 5.41) is 0. The van der Waals surface area contributed by atoms with Gasteiger partial charge in [0, 0.05) is 13.1 Å². The summed E-state index contributed by atoms with van der Waals surface area (Å²) in [7, 11) is 1.53. The molecule has 3 nitrogen and oxygen atoms in total. The standard InChI is InChI=1S/C9H11NO2/c1-6-4-8(12-3)9(7(2)11)10-5-6/h4-5H,1-3H3. The summed E-state index contributed by atoms with van der Waals surface area (Å²) in [5.41, 5.74) is 1.37. The number of pyridine rings is 1. The molecule has 0 amide bonds. The molecule has 0 radical (unpaired) electrons. The highest BCUT2D eigenvalue weighted by Gasteiger charge is 2.08. The largest absolute Gasteiger partial charge is 0.494 e. The van der Waals surface area contributed by atoms with Gasteiger partial charge >= 0.3 is 0 Å². The molecule has 0 aliphatic rings. The lowest BCUT2D eigenvalue weighted by atomic mass is 10.2. The van der Waals surface area contributed by atoms with Crippen molar-refractivity contribution in [1.29, 1.82) is 0 Å². The third-order valence-electron chi connectivity index (χ3n) is 1.54. The second-order valence-corrected chi connectivity index (χ2v) is 2.62. The van der Waals surface area contributed by atoms with Crippen LogP contribution < -0.4 is 4.74 Å². The van der Waals surface area contributed by atoms with Gasteiger partial charge in [-0.15, -0.1) is 0 Å². The van der Waals surface area contributed by atoms with E-state index in [9.17, 15) is 4.79 Å². The number of nitrogens with zero attached hydrogens (tertiary/aromatic N) is 1. The number of ketones is 1. The highest BCUT2D eigenvalue weighted by atomic mass is 16.5. The van der Waals surface area contributed by atoms with Crippen molar-refractivity contribution in [2.24, 2.45) is 0 Å². The number of methoxy groups -OCH3 is 1. The van der Waals surface area contributed by atoms with Crippen molar-refractivity contribution in [3.8, 4) is 5.75 Å². The van der Waals surface area contributed by atoms with E-state index in [-0.39, 0.29) is 5.78 Å². The normalized spacial score (nSPS) is 9.58. The smallest absolute Gasteiger partial charge is 0.181 e. The number of carbonyl (C=O) groups is 1. The second-order valence-electron chi connectivity index (χ2n) is 2.62. The number of hydrogen-bond acceptors (Lipinski definition) is 3. The number of carbonyl (C=O) groups excluding carboxylic acids is 1. The van der Waals surface area contributed by atoms with Crippen LogP contribution in [-0.2, 0) is 0 Å². The molecule has 0 unspecified atom stereocenters. The highest BCUT2D eigenvalue weighted by Crippen LogP contribution is 2.16. The maximum absolute atomic E-state index is 11.0. The second kappa shape index (κ2) is 3.34. The molecule has 64 valence electrons. The predicted molar refractivity (Wildman–Crippen MR) is 45.5 cm³/mol. The van der Waals surface area contributed by atoms with Gasteiger partial charge in [-0.25, -0.2) is 4.98 Å². The number of aryl methyl sites for hydroxylation is 1. The number of rotatable bonds is 2. The van der Waals surface area contributed by atoms with E-state index in [1.807, 2.05) is 6.92 Å². The molecule has 0 saturated carbocycles. The lowest BCUT2D eigenvalue weighted by Gasteiger charge is -2.04. The van der Waals surface area contributed by atoms with E-state index in [1.165, 1.54) is 14.0 Å². The molecule has 0 N–H and O–H groups in total. The third-order valence-corrected chi connectivity index (χ3v) is 1.54. The van der Waals surface area contributed by atoms with Gasteiger partial charge < -0.3 is 4.74 Å². The Morgan fingerprint density at radius 1 is 1.58 bits per heavy atom. The fraction of sp³-hybridized carbons (Fsp3) is 0.333. The van der Waals surface area contributed by atoms with E-state index >= 15 is 0 Å². The fourth-order valence-electron chi connectivity index (χ4n) is 0.962. The minimum Gasteiger partial charge on any atom is -0.494 e. The SMILES string of the molecule is COc1cc(C)cnc1C(C)=O. The molecular weight excluding hydrogens is 154 g/mol. The van der Waals surface area contributed by atoms with Gasteiger partial charge in [0.1, 0.15) is 11.4 Å². The molecule has 1 heterocycles. The van der Waals surface area contributed by atoms with Crippen molar-refractivity contribution < 1.29 is 9.53 Å². The molecule has 0 spiro atoms. The van der Waals surface area contributed by atoms with Gasteiger partial charge in [0.25, 0.3) is 0 Å². The van der Waals surface area contributed by atoms with Gasteiger partial charge in [-0.3, -0.25) is 4.79 Å². The molecule has 0 saturated heterocycles. The van der Waals surface area contributed by atoms with Crippen LogP contribution in [-0.4, -0.2) is 17.9 Å². The van der Waals surface area contributed by atoms with E-state index < -0.39 is 0 Å². The summed E-state index contributed by atoms with van der Waals surface area (Å²) in [4.78, 5) is 15.0. The average Bonchev–Trinajstić information content (AvgIpc) is 2.03. The fourth-order valence-corrected chi connectivity index (χ4v) is 0.962. The maximum atomic E-state index is 11.0. The number of hydrogen-bond donors (Lipinski definition) is 0. The van der Waals surface area contributed by atoms with Crippen LogP contribution in [0.15, 0.2) is 12.3 Å². The van der Waals surface area contributed by atoms with Crippen molar-refractivity contribution >= 4 is 5.78 Å². The molecule has 1 rings (SSSR count). The number of ether oxygens (including phenoxy) is 1. The molecule has 0 aromatic carbocycles. The molecule has 3 heteroatoms. The van der Waals surface area contributed by atoms with E-state index in [1.54, 1.807) is 12.3 Å². The van der Waals surface area contributed by atoms with Gasteiger partial charge in [0.2, 0.25) is 0 Å². The Balaban J connectivity index is 3.20. The highest BCUT2D eigenvalue weighted by molar-refractivity contribution is 5.94. The van der Waals surface area contributed by atoms with Crippen molar-refractivity contribution in [2.45, 2.75) is 13.8 Å². The monoisotopic (exact) mass is 165 g/mol. The molecule has 1 aromatic heterocycles. The quantitative estimate of drug-likeness (QED) is 0.625. The summed E-state index contributed by atoms with van der Waals surface area (Å²) >= 11 is 0. The first-order valence-electron chi connectivity index (χ1n) is 3.66. The molecular formula is C9H11NO2. The first-order valence-corrected chi connectivity index (χ1v) is 3.66.